The number of unbranched alkanes of at least 4 members (excludes halogenated alkanes) is 2. The lowest BCUT2D eigenvalue weighted by Gasteiger charge is -2.27. The van der Waals surface area contributed by atoms with E-state index < -0.39 is 83.5 Å². The van der Waals surface area contributed by atoms with Crippen molar-refractivity contribution in [2.75, 3.05) is 13.1 Å². The van der Waals surface area contributed by atoms with Crippen LogP contribution in [0, 0.1) is 5.92 Å². The summed E-state index contributed by atoms with van der Waals surface area (Å²) in [5.74, 6) is -5.23. The van der Waals surface area contributed by atoms with E-state index in [9.17, 15) is 47.0 Å². The molecule has 1 aromatic carbocycles. The largest absolute Gasteiger partial charge is 0.480 e. The second-order valence-corrected chi connectivity index (χ2v) is 13.8. The Kier molecular flexibility index (Phi) is 19.1. The van der Waals surface area contributed by atoms with Crippen molar-refractivity contribution in [2.24, 2.45) is 23.1 Å². The zero-order valence-corrected chi connectivity index (χ0v) is 30.8. The molecule has 0 saturated carbocycles. The number of rotatable bonds is 17. The molecule has 0 bridgehead atoms. The normalized spacial score (nSPS) is 21.8. The van der Waals surface area contributed by atoms with E-state index in [-0.39, 0.29) is 50.0 Å². The van der Waals surface area contributed by atoms with Gasteiger partial charge in [0.25, 0.3) is 0 Å². The van der Waals surface area contributed by atoms with Crippen LogP contribution < -0.4 is 43.8 Å². The third-order valence-corrected chi connectivity index (χ3v) is 8.73. The molecule has 302 valence electrons. The molecule has 0 radical (unpaired) electrons. The van der Waals surface area contributed by atoms with Crippen molar-refractivity contribution in [1.82, 2.24) is 26.6 Å². The van der Waals surface area contributed by atoms with Crippen molar-refractivity contribution in [3.63, 3.8) is 0 Å². The lowest BCUT2D eigenvalue weighted by molar-refractivity contribution is -0.142. The average Bonchev–Trinajstić information content (AvgIpc) is 3.10. The highest BCUT2D eigenvalue weighted by Crippen LogP contribution is 2.29. The smallest absolute Gasteiger partial charge is 0.416 e. The van der Waals surface area contributed by atoms with E-state index >= 15 is 0 Å². The second kappa shape index (κ2) is 22.6. The molecule has 0 aliphatic carbocycles. The van der Waals surface area contributed by atoms with E-state index in [4.69, 9.17) is 17.2 Å². The van der Waals surface area contributed by atoms with Gasteiger partial charge >= 0.3 is 12.1 Å². The first-order chi connectivity index (χ1) is 25.5. The van der Waals surface area contributed by atoms with Crippen LogP contribution in [0.5, 0.6) is 0 Å². The fourth-order valence-corrected chi connectivity index (χ4v) is 5.67. The van der Waals surface area contributed by atoms with Crippen molar-refractivity contribution >= 4 is 35.5 Å². The van der Waals surface area contributed by atoms with E-state index in [1.807, 2.05) is 0 Å². The van der Waals surface area contributed by atoms with Crippen LogP contribution in [0.1, 0.15) is 82.8 Å². The molecule has 0 saturated heterocycles. The van der Waals surface area contributed by atoms with Crippen molar-refractivity contribution in [2.45, 2.75) is 120 Å². The van der Waals surface area contributed by atoms with Crippen molar-refractivity contribution in [3.8, 4) is 0 Å². The number of carbonyl (C=O) groups is 6. The molecule has 0 spiro atoms. The molecule has 54 heavy (non-hydrogen) atoms. The topological polar surface area (TPSA) is 261 Å². The van der Waals surface area contributed by atoms with Crippen molar-refractivity contribution < 1.29 is 47.0 Å². The minimum Gasteiger partial charge on any atom is -0.480 e. The van der Waals surface area contributed by atoms with Crippen LogP contribution in [0.3, 0.4) is 0 Å². The van der Waals surface area contributed by atoms with Crippen LogP contribution in [-0.2, 0) is 41.4 Å². The molecule has 1 aliphatic heterocycles. The summed E-state index contributed by atoms with van der Waals surface area (Å²) in [6.45, 7) is 4.18. The zero-order valence-electron chi connectivity index (χ0n) is 30.8. The fourth-order valence-electron chi connectivity index (χ4n) is 5.67. The number of hydrogen-bond acceptors (Lipinski definition) is 9. The number of amides is 5. The number of benzene rings is 1. The molecule has 6 atom stereocenters. The van der Waals surface area contributed by atoms with Gasteiger partial charge in [-0.25, -0.2) is 4.79 Å². The lowest BCUT2D eigenvalue weighted by Crippen LogP contribution is -2.59. The van der Waals surface area contributed by atoms with Gasteiger partial charge in [0.15, 0.2) is 0 Å². The Morgan fingerprint density at radius 2 is 1.35 bits per heavy atom. The van der Waals surface area contributed by atoms with Crippen LogP contribution in [0.15, 0.2) is 36.4 Å². The monoisotopic (exact) mass is 768 g/mol. The highest BCUT2D eigenvalue weighted by Gasteiger charge is 2.34. The average molecular weight is 769 g/mol. The SMILES string of the molecule is CC(C)C[C@H](NC(=O)[C@H](Cc1ccc(C(F)(F)F)cc1)NC(=O)[C@@H]1C/C=C/C[C@H](N)C(=O)N[C@@H](CCCCN)C(=O)N[C@@H](CCCCN)C(=O)N1)C(=O)O. The van der Waals surface area contributed by atoms with Gasteiger partial charge in [0.1, 0.15) is 30.2 Å². The van der Waals surface area contributed by atoms with Crippen LogP contribution in [0.2, 0.25) is 0 Å². The number of carboxylic acids is 1. The predicted octanol–water partition coefficient (Wildman–Crippen LogP) is 0.738. The van der Waals surface area contributed by atoms with E-state index in [1.165, 1.54) is 12.2 Å². The van der Waals surface area contributed by atoms with Gasteiger partial charge in [0.2, 0.25) is 29.5 Å². The summed E-state index contributed by atoms with van der Waals surface area (Å²) in [5.41, 5.74) is 16.6. The molecular weight excluding hydrogens is 713 g/mol. The van der Waals surface area contributed by atoms with Gasteiger partial charge in [-0.1, -0.05) is 38.1 Å². The number of nitrogens with two attached hydrogens (primary N) is 3. The Morgan fingerprint density at radius 1 is 0.815 bits per heavy atom. The Morgan fingerprint density at radius 3 is 1.87 bits per heavy atom. The molecule has 0 fully saturated rings. The minimum atomic E-state index is -4.62. The highest BCUT2D eigenvalue weighted by atomic mass is 19.4. The third-order valence-electron chi connectivity index (χ3n) is 8.73. The zero-order chi connectivity index (χ0) is 40.4. The quantitative estimate of drug-likeness (QED) is 0.0793. The van der Waals surface area contributed by atoms with E-state index in [2.05, 4.69) is 26.6 Å². The maximum Gasteiger partial charge on any atom is 0.416 e. The molecule has 1 aliphatic rings. The van der Waals surface area contributed by atoms with Crippen LogP contribution in [0.4, 0.5) is 13.2 Å². The molecule has 5 amide bonds. The first kappa shape index (κ1) is 45.6. The van der Waals surface area contributed by atoms with Gasteiger partial charge in [-0.3, -0.25) is 24.0 Å². The van der Waals surface area contributed by atoms with Gasteiger partial charge in [-0.15, -0.1) is 0 Å². The Bertz CT molecular complexity index is 1440. The van der Waals surface area contributed by atoms with Gasteiger partial charge in [0.05, 0.1) is 11.6 Å². The van der Waals surface area contributed by atoms with E-state index in [1.54, 1.807) is 13.8 Å². The molecule has 1 aromatic rings. The third kappa shape index (κ3) is 15.8. The minimum absolute atomic E-state index is 0.0123. The van der Waals surface area contributed by atoms with Gasteiger partial charge < -0.3 is 48.9 Å². The van der Waals surface area contributed by atoms with E-state index in [0.29, 0.717) is 38.8 Å². The van der Waals surface area contributed by atoms with Gasteiger partial charge in [-0.05, 0) is 94.5 Å². The summed E-state index contributed by atoms with van der Waals surface area (Å²) in [7, 11) is 0. The number of alkyl halides is 3. The molecule has 15 nitrogen and oxygen atoms in total. The summed E-state index contributed by atoms with van der Waals surface area (Å²) in [6, 6.07) is -3.49. The van der Waals surface area contributed by atoms with Crippen molar-refractivity contribution in [3.05, 3.63) is 47.5 Å². The summed E-state index contributed by atoms with van der Waals surface area (Å²) < 4.78 is 39.7. The summed E-state index contributed by atoms with van der Waals surface area (Å²) in [5, 5.41) is 22.7. The van der Waals surface area contributed by atoms with Crippen LogP contribution in [-0.4, -0.2) is 90.0 Å². The van der Waals surface area contributed by atoms with E-state index in [0.717, 1.165) is 24.3 Å². The Balaban J connectivity index is 2.48. The molecule has 18 heteroatoms. The molecule has 12 N–H and O–H groups in total. The standard InChI is InChI=1S/C36H55F3N8O7/c1-21(2)19-29(35(53)54)47-34(52)28(20-22-13-15-23(16-14-22)36(37,38)39)46-33(51)26-10-4-3-9-24(42)30(48)43-25(11-5-7-17-40)31(49)45-27(32(50)44-26)12-6-8-18-41/h3-4,13-16,21,24-29H,5-12,17-20,40-42H2,1-2H3,(H,43,48)(H,44,50)(H,45,49)(H,46,51)(H,47,52)(H,53,54)/b4-3+/t24-,25-,26-,27-,28-,29-/m0/s1. The first-order valence-electron chi connectivity index (χ1n) is 18.2. The van der Waals surface area contributed by atoms with Crippen molar-refractivity contribution in [1.29, 1.82) is 0 Å². The van der Waals surface area contributed by atoms with Gasteiger partial charge in [-0.2, -0.15) is 13.2 Å². The number of hydrogen-bond donors (Lipinski definition) is 9. The summed E-state index contributed by atoms with van der Waals surface area (Å²) in [6.07, 6.45) is 0.394. The predicted molar refractivity (Wildman–Crippen MR) is 194 cm³/mol. The maximum absolute atomic E-state index is 13.9. The Hall–Kier alpha value is -4.55. The number of aliphatic carboxylic acids is 1. The number of nitrogens with one attached hydrogen (secondary N) is 5. The first-order valence-corrected chi connectivity index (χ1v) is 18.2. The number of carboxylic acid groups (broad SMARTS) is 1. The maximum atomic E-state index is 13.9. The number of halogens is 3. The van der Waals surface area contributed by atoms with Crippen LogP contribution >= 0.6 is 0 Å². The summed E-state index contributed by atoms with van der Waals surface area (Å²) >= 11 is 0. The molecule has 0 aromatic heterocycles. The molecule has 1 heterocycles. The molecule has 0 unspecified atom stereocenters. The fraction of sp³-hybridized carbons (Fsp3) is 0.611. The van der Waals surface area contributed by atoms with Gasteiger partial charge in [0, 0.05) is 6.42 Å². The summed E-state index contributed by atoms with van der Waals surface area (Å²) in [4.78, 5) is 79.6. The lowest BCUT2D eigenvalue weighted by atomic mass is 10.00. The second-order valence-electron chi connectivity index (χ2n) is 13.8. The molecule has 2 rings (SSSR count). The highest BCUT2D eigenvalue weighted by molar-refractivity contribution is 5.96. The number of carbonyl (C=O) groups excluding carboxylic acids is 5. The Labute approximate surface area is 313 Å². The van der Waals surface area contributed by atoms with Crippen LogP contribution in [0.25, 0.3) is 0 Å². The molecular formula is C36H55F3N8O7.